The Kier molecular flexibility index (Phi) is 6.41. The molecule has 0 aliphatic carbocycles. The van der Waals surface area contributed by atoms with Gasteiger partial charge in [-0.3, -0.25) is 0 Å². The lowest BCUT2D eigenvalue weighted by Gasteiger charge is -2.14. The van der Waals surface area contributed by atoms with E-state index < -0.39 is 0 Å². The van der Waals surface area contributed by atoms with E-state index in [1.807, 2.05) is 92.0 Å². The fraction of sp³-hybridized carbons (Fsp3) is 0.115. The largest absolute Gasteiger partial charge is 0.497 e. The molecule has 0 unspecified atom stereocenters. The van der Waals surface area contributed by atoms with Crippen LogP contribution in [0.2, 0.25) is 0 Å². The molecule has 0 aliphatic heterocycles. The number of anilines is 1. The number of hydrogen-bond donors (Lipinski definition) is 0. The maximum absolute atomic E-state index is 5.34. The molecule has 0 bridgehead atoms. The van der Waals surface area contributed by atoms with Gasteiger partial charge in [-0.05, 0) is 18.2 Å². The summed E-state index contributed by atoms with van der Waals surface area (Å²) in [6.45, 7) is 0. The summed E-state index contributed by atoms with van der Waals surface area (Å²) in [5, 5.41) is 6.21. The summed E-state index contributed by atoms with van der Waals surface area (Å²) < 4.78 is 10.7. The first-order chi connectivity index (χ1) is 15.7. The SMILES string of the molecule is COc1cc(/C=N/N(C)c2nc(-c3ccccc3)cc(-c3ccccc3)n2)cc(OC)c1. The quantitative estimate of drug-likeness (QED) is 0.298. The zero-order valence-corrected chi connectivity index (χ0v) is 18.3. The van der Waals surface area contributed by atoms with Gasteiger partial charge in [0.25, 0.3) is 0 Å². The molecule has 1 aromatic heterocycles. The van der Waals surface area contributed by atoms with E-state index in [-0.39, 0.29) is 0 Å². The van der Waals surface area contributed by atoms with Gasteiger partial charge in [-0.1, -0.05) is 60.7 Å². The minimum absolute atomic E-state index is 0.497. The van der Waals surface area contributed by atoms with E-state index in [1.165, 1.54) is 0 Å². The standard InChI is InChI=1S/C26H24N4O2/c1-30(27-18-19-14-22(31-2)16-23(15-19)32-3)26-28-24(20-10-6-4-7-11-20)17-25(29-26)21-12-8-5-9-13-21/h4-18H,1-3H3/b27-18+. The van der Waals surface area contributed by atoms with E-state index in [9.17, 15) is 0 Å². The third kappa shape index (κ3) is 4.92. The Balaban J connectivity index is 1.71. The van der Waals surface area contributed by atoms with Crippen molar-refractivity contribution < 1.29 is 9.47 Å². The lowest BCUT2D eigenvalue weighted by molar-refractivity contribution is 0.394. The molecule has 6 heteroatoms. The van der Waals surface area contributed by atoms with Crippen LogP contribution in [0.3, 0.4) is 0 Å². The summed E-state index contributed by atoms with van der Waals surface area (Å²) in [5.74, 6) is 1.89. The summed E-state index contributed by atoms with van der Waals surface area (Å²) in [4.78, 5) is 9.52. The molecule has 0 N–H and O–H groups in total. The van der Waals surface area contributed by atoms with Crippen LogP contribution in [-0.2, 0) is 0 Å². The molecule has 0 spiro atoms. The van der Waals surface area contributed by atoms with Crippen LogP contribution in [-0.4, -0.2) is 37.4 Å². The normalized spacial score (nSPS) is 10.8. The van der Waals surface area contributed by atoms with Crippen molar-refractivity contribution in [3.63, 3.8) is 0 Å². The average Bonchev–Trinajstić information content (AvgIpc) is 2.87. The highest BCUT2D eigenvalue weighted by molar-refractivity contribution is 5.82. The number of methoxy groups -OCH3 is 2. The van der Waals surface area contributed by atoms with Gasteiger partial charge >= 0.3 is 0 Å². The number of aromatic nitrogens is 2. The molecule has 32 heavy (non-hydrogen) atoms. The number of hydrogen-bond acceptors (Lipinski definition) is 6. The Morgan fingerprint density at radius 1 is 0.719 bits per heavy atom. The van der Waals surface area contributed by atoms with Crippen molar-refractivity contribution in [2.24, 2.45) is 5.10 Å². The zero-order valence-electron chi connectivity index (χ0n) is 18.3. The van der Waals surface area contributed by atoms with Crippen LogP contribution in [0.15, 0.2) is 90.0 Å². The molecule has 0 saturated heterocycles. The maximum Gasteiger partial charge on any atom is 0.247 e. The second kappa shape index (κ2) is 9.75. The second-order valence-corrected chi connectivity index (χ2v) is 7.08. The minimum Gasteiger partial charge on any atom is -0.497 e. The fourth-order valence-electron chi connectivity index (χ4n) is 3.20. The van der Waals surface area contributed by atoms with Crippen molar-refractivity contribution >= 4 is 12.2 Å². The molecule has 6 nitrogen and oxygen atoms in total. The minimum atomic E-state index is 0.497. The van der Waals surface area contributed by atoms with Crippen molar-refractivity contribution in [1.82, 2.24) is 9.97 Å². The molecule has 0 saturated carbocycles. The Morgan fingerprint density at radius 3 is 1.69 bits per heavy atom. The van der Waals surface area contributed by atoms with Gasteiger partial charge < -0.3 is 9.47 Å². The average molecular weight is 425 g/mol. The molecule has 0 radical (unpaired) electrons. The summed E-state index contributed by atoms with van der Waals surface area (Å²) in [6, 6.07) is 27.7. The summed E-state index contributed by atoms with van der Waals surface area (Å²) in [7, 11) is 5.07. The highest BCUT2D eigenvalue weighted by atomic mass is 16.5. The Hall–Kier alpha value is -4.19. The number of rotatable bonds is 7. The monoisotopic (exact) mass is 424 g/mol. The zero-order chi connectivity index (χ0) is 22.3. The first-order valence-corrected chi connectivity index (χ1v) is 10.2. The predicted octanol–water partition coefficient (Wildman–Crippen LogP) is 5.30. The van der Waals surface area contributed by atoms with Crippen molar-refractivity contribution in [3.8, 4) is 34.0 Å². The predicted molar refractivity (Wildman–Crippen MR) is 128 cm³/mol. The lowest BCUT2D eigenvalue weighted by Crippen LogP contribution is -2.13. The van der Waals surface area contributed by atoms with Gasteiger partial charge in [0, 0.05) is 29.8 Å². The first-order valence-electron chi connectivity index (χ1n) is 10.2. The van der Waals surface area contributed by atoms with Crippen molar-refractivity contribution in [3.05, 3.63) is 90.5 Å². The van der Waals surface area contributed by atoms with Crippen LogP contribution >= 0.6 is 0 Å². The number of benzene rings is 3. The summed E-state index contributed by atoms with van der Waals surface area (Å²) in [6.07, 6.45) is 1.73. The molecule has 3 aromatic carbocycles. The topological polar surface area (TPSA) is 59.8 Å². The van der Waals surface area contributed by atoms with Crippen LogP contribution in [0.5, 0.6) is 11.5 Å². The van der Waals surface area contributed by atoms with Gasteiger partial charge in [0.15, 0.2) is 0 Å². The van der Waals surface area contributed by atoms with E-state index in [2.05, 4.69) is 5.10 Å². The number of nitrogens with zero attached hydrogens (tertiary/aromatic N) is 4. The molecule has 4 aromatic rings. The van der Waals surface area contributed by atoms with Crippen LogP contribution in [0, 0.1) is 0 Å². The third-order valence-electron chi connectivity index (χ3n) is 4.90. The number of hydrazone groups is 1. The molecule has 0 fully saturated rings. The van der Waals surface area contributed by atoms with Gasteiger partial charge in [-0.15, -0.1) is 0 Å². The van der Waals surface area contributed by atoms with Crippen LogP contribution in [0.25, 0.3) is 22.5 Å². The molecule has 0 atom stereocenters. The smallest absolute Gasteiger partial charge is 0.247 e. The van der Waals surface area contributed by atoms with E-state index in [0.29, 0.717) is 17.4 Å². The van der Waals surface area contributed by atoms with Crippen molar-refractivity contribution in [2.45, 2.75) is 0 Å². The fourth-order valence-corrected chi connectivity index (χ4v) is 3.20. The number of ether oxygens (including phenoxy) is 2. The van der Waals surface area contributed by atoms with Gasteiger partial charge in [0.1, 0.15) is 11.5 Å². The lowest BCUT2D eigenvalue weighted by atomic mass is 10.1. The van der Waals surface area contributed by atoms with E-state index in [4.69, 9.17) is 19.4 Å². The van der Waals surface area contributed by atoms with Gasteiger partial charge in [-0.25, -0.2) is 15.0 Å². The molecule has 4 rings (SSSR count). The van der Waals surface area contributed by atoms with E-state index in [0.717, 1.165) is 28.1 Å². The van der Waals surface area contributed by atoms with Gasteiger partial charge in [0.05, 0.1) is 31.8 Å². The van der Waals surface area contributed by atoms with Crippen LogP contribution in [0.1, 0.15) is 5.56 Å². The molecule has 0 amide bonds. The summed E-state index contributed by atoms with van der Waals surface area (Å²) >= 11 is 0. The van der Waals surface area contributed by atoms with Gasteiger partial charge in [0.2, 0.25) is 5.95 Å². The maximum atomic E-state index is 5.34. The molecular weight excluding hydrogens is 400 g/mol. The highest BCUT2D eigenvalue weighted by Crippen LogP contribution is 2.26. The molecular formula is C26H24N4O2. The Labute approximate surface area is 187 Å². The Bertz CT molecular complexity index is 1130. The third-order valence-corrected chi connectivity index (χ3v) is 4.90. The van der Waals surface area contributed by atoms with Crippen molar-refractivity contribution in [1.29, 1.82) is 0 Å². The molecule has 1 heterocycles. The first kappa shape index (κ1) is 21.1. The Morgan fingerprint density at radius 2 is 1.22 bits per heavy atom. The summed E-state index contributed by atoms with van der Waals surface area (Å²) in [5.41, 5.74) is 4.54. The van der Waals surface area contributed by atoms with Crippen LogP contribution in [0.4, 0.5) is 5.95 Å². The van der Waals surface area contributed by atoms with Crippen molar-refractivity contribution in [2.75, 3.05) is 26.3 Å². The van der Waals surface area contributed by atoms with E-state index >= 15 is 0 Å². The van der Waals surface area contributed by atoms with E-state index in [1.54, 1.807) is 25.4 Å². The molecule has 0 aliphatic rings. The highest BCUT2D eigenvalue weighted by Gasteiger charge is 2.11. The molecule has 160 valence electrons. The van der Waals surface area contributed by atoms with Crippen LogP contribution < -0.4 is 14.5 Å². The van der Waals surface area contributed by atoms with Gasteiger partial charge in [-0.2, -0.15) is 5.10 Å². The second-order valence-electron chi connectivity index (χ2n) is 7.08.